The SMILES string of the molecule is CC(C)C1CC(N(C)C2CCCNCC2)CCO1. The molecule has 106 valence electrons. The van der Waals surface area contributed by atoms with E-state index in [1.165, 1.54) is 45.2 Å². The van der Waals surface area contributed by atoms with E-state index in [-0.39, 0.29) is 0 Å². The van der Waals surface area contributed by atoms with Gasteiger partial charge in [0.1, 0.15) is 0 Å². The van der Waals surface area contributed by atoms with Crippen molar-refractivity contribution in [2.24, 2.45) is 5.92 Å². The smallest absolute Gasteiger partial charge is 0.0612 e. The van der Waals surface area contributed by atoms with Gasteiger partial charge in [0.2, 0.25) is 0 Å². The van der Waals surface area contributed by atoms with Gasteiger partial charge in [-0.15, -0.1) is 0 Å². The van der Waals surface area contributed by atoms with Gasteiger partial charge in [-0.2, -0.15) is 0 Å². The molecular formula is C15H30N2O. The van der Waals surface area contributed by atoms with Crippen molar-refractivity contribution in [2.75, 3.05) is 26.7 Å². The van der Waals surface area contributed by atoms with Crippen molar-refractivity contribution < 1.29 is 4.74 Å². The van der Waals surface area contributed by atoms with Gasteiger partial charge >= 0.3 is 0 Å². The summed E-state index contributed by atoms with van der Waals surface area (Å²) in [6.07, 6.45) is 6.89. The molecule has 3 unspecified atom stereocenters. The van der Waals surface area contributed by atoms with Crippen molar-refractivity contribution in [3.8, 4) is 0 Å². The Kier molecular flexibility index (Phi) is 5.46. The molecule has 2 saturated heterocycles. The van der Waals surface area contributed by atoms with Crippen LogP contribution in [0.25, 0.3) is 0 Å². The Morgan fingerprint density at radius 1 is 1.11 bits per heavy atom. The first-order chi connectivity index (χ1) is 8.68. The third-order valence-corrected chi connectivity index (χ3v) is 4.73. The van der Waals surface area contributed by atoms with E-state index in [1.54, 1.807) is 0 Å². The molecule has 0 aromatic heterocycles. The van der Waals surface area contributed by atoms with Gasteiger partial charge < -0.3 is 15.0 Å². The molecule has 0 aromatic carbocycles. The molecule has 0 spiro atoms. The number of nitrogens with one attached hydrogen (secondary N) is 1. The predicted octanol–water partition coefficient (Wildman–Crippen LogP) is 2.26. The van der Waals surface area contributed by atoms with E-state index in [0.29, 0.717) is 12.0 Å². The quantitative estimate of drug-likeness (QED) is 0.836. The summed E-state index contributed by atoms with van der Waals surface area (Å²) in [5.41, 5.74) is 0. The third-order valence-electron chi connectivity index (χ3n) is 4.73. The first kappa shape index (κ1) is 14.3. The second-order valence-electron chi connectivity index (χ2n) is 6.33. The minimum absolute atomic E-state index is 0.468. The van der Waals surface area contributed by atoms with Gasteiger partial charge in [-0.3, -0.25) is 0 Å². The van der Waals surface area contributed by atoms with Crippen molar-refractivity contribution in [3.63, 3.8) is 0 Å². The van der Waals surface area contributed by atoms with Crippen molar-refractivity contribution in [1.82, 2.24) is 10.2 Å². The zero-order valence-electron chi connectivity index (χ0n) is 12.3. The molecule has 0 radical (unpaired) electrons. The highest BCUT2D eigenvalue weighted by Gasteiger charge is 2.30. The van der Waals surface area contributed by atoms with Crippen LogP contribution in [0.2, 0.25) is 0 Å². The first-order valence-corrected chi connectivity index (χ1v) is 7.72. The van der Waals surface area contributed by atoms with Crippen LogP contribution in [0.3, 0.4) is 0 Å². The van der Waals surface area contributed by atoms with Crippen LogP contribution < -0.4 is 5.32 Å². The zero-order chi connectivity index (χ0) is 13.0. The maximum absolute atomic E-state index is 5.89. The van der Waals surface area contributed by atoms with E-state index < -0.39 is 0 Å². The molecule has 2 aliphatic heterocycles. The summed E-state index contributed by atoms with van der Waals surface area (Å²) in [5.74, 6) is 0.650. The number of hydrogen-bond donors (Lipinski definition) is 1. The Morgan fingerprint density at radius 3 is 2.72 bits per heavy atom. The van der Waals surface area contributed by atoms with Crippen LogP contribution in [0.5, 0.6) is 0 Å². The molecule has 0 aromatic rings. The van der Waals surface area contributed by atoms with Gasteiger partial charge in [-0.25, -0.2) is 0 Å². The highest BCUT2D eigenvalue weighted by atomic mass is 16.5. The molecule has 1 N–H and O–H groups in total. The van der Waals surface area contributed by atoms with E-state index in [2.05, 4.69) is 31.1 Å². The molecule has 2 heterocycles. The summed E-state index contributed by atoms with van der Waals surface area (Å²) in [6.45, 7) is 7.90. The summed E-state index contributed by atoms with van der Waals surface area (Å²) in [7, 11) is 2.34. The topological polar surface area (TPSA) is 24.5 Å². The predicted molar refractivity (Wildman–Crippen MR) is 75.9 cm³/mol. The lowest BCUT2D eigenvalue weighted by atomic mass is 9.93. The minimum atomic E-state index is 0.468. The summed E-state index contributed by atoms with van der Waals surface area (Å²) >= 11 is 0. The molecule has 2 fully saturated rings. The van der Waals surface area contributed by atoms with E-state index >= 15 is 0 Å². The Hall–Kier alpha value is -0.120. The Balaban J connectivity index is 1.88. The van der Waals surface area contributed by atoms with Gasteiger partial charge in [0.25, 0.3) is 0 Å². The van der Waals surface area contributed by atoms with Crippen LogP contribution >= 0.6 is 0 Å². The summed E-state index contributed by atoms with van der Waals surface area (Å²) in [4.78, 5) is 2.66. The maximum Gasteiger partial charge on any atom is 0.0612 e. The standard InChI is InChI=1S/C15H30N2O/c1-12(2)15-11-14(7-10-18-15)17(3)13-5-4-8-16-9-6-13/h12-16H,4-11H2,1-3H3. The van der Waals surface area contributed by atoms with Crippen molar-refractivity contribution >= 4 is 0 Å². The van der Waals surface area contributed by atoms with Crippen molar-refractivity contribution in [1.29, 1.82) is 0 Å². The van der Waals surface area contributed by atoms with Crippen LogP contribution in [0, 0.1) is 5.92 Å². The summed E-state index contributed by atoms with van der Waals surface area (Å²) < 4.78 is 5.89. The fourth-order valence-electron chi connectivity index (χ4n) is 3.35. The van der Waals surface area contributed by atoms with Crippen LogP contribution in [0.15, 0.2) is 0 Å². The second-order valence-corrected chi connectivity index (χ2v) is 6.33. The lowest BCUT2D eigenvalue weighted by molar-refractivity contribution is -0.0515. The van der Waals surface area contributed by atoms with Gasteiger partial charge in [0.05, 0.1) is 6.10 Å². The van der Waals surface area contributed by atoms with E-state index in [4.69, 9.17) is 4.74 Å². The third kappa shape index (κ3) is 3.69. The van der Waals surface area contributed by atoms with Crippen LogP contribution in [0.4, 0.5) is 0 Å². The average molecular weight is 254 g/mol. The highest BCUT2D eigenvalue weighted by Crippen LogP contribution is 2.26. The monoisotopic (exact) mass is 254 g/mol. The molecule has 2 aliphatic rings. The highest BCUT2D eigenvalue weighted by molar-refractivity contribution is 4.84. The molecular weight excluding hydrogens is 224 g/mol. The average Bonchev–Trinajstić information content (AvgIpc) is 2.67. The fourth-order valence-corrected chi connectivity index (χ4v) is 3.35. The Labute approximate surface area is 112 Å². The summed E-state index contributed by atoms with van der Waals surface area (Å²) in [6, 6.07) is 1.50. The molecule has 0 bridgehead atoms. The van der Waals surface area contributed by atoms with Crippen LogP contribution in [0.1, 0.15) is 46.0 Å². The zero-order valence-corrected chi connectivity index (χ0v) is 12.3. The van der Waals surface area contributed by atoms with Crippen molar-refractivity contribution in [3.05, 3.63) is 0 Å². The van der Waals surface area contributed by atoms with Gasteiger partial charge in [-0.05, 0) is 58.2 Å². The van der Waals surface area contributed by atoms with E-state index in [0.717, 1.165) is 18.7 Å². The molecule has 18 heavy (non-hydrogen) atoms. The Morgan fingerprint density at radius 2 is 1.94 bits per heavy atom. The second kappa shape index (κ2) is 6.88. The Bertz CT molecular complexity index is 237. The van der Waals surface area contributed by atoms with E-state index in [9.17, 15) is 0 Å². The normalized spacial score (nSPS) is 34.8. The molecule has 0 amide bonds. The van der Waals surface area contributed by atoms with Crippen LogP contribution in [-0.2, 0) is 4.74 Å². The van der Waals surface area contributed by atoms with Crippen LogP contribution in [-0.4, -0.2) is 49.8 Å². The number of hydrogen-bond acceptors (Lipinski definition) is 3. The maximum atomic E-state index is 5.89. The lowest BCUT2D eigenvalue weighted by Crippen LogP contribution is -2.46. The van der Waals surface area contributed by atoms with Gasteiger partial charge in [0, 0.05) is 18.7 Å². The lowest BCUT2D eigenvalue weighted by Gasteiger charge is -2.40. The van der Waals surface area contributed by atoms with E-state index in [1.807, 2.05) is 0 Å². The molecule has 2 rings (SSSR count). The molecule has 3 heteroatoms. The fraction of sp³-hybridized carbons (Fsp3) is 1.00. The molecule has 3 nitrogen and oxygen atoms in total. The molecule has 0 saturated carbocycles. The molecule has 3 atom stereocenters. The summed E-state index contributed by atoms with van der Waals surface area (Å²) in [5, 5.41) is 3.51. The number of ether oxygens (including phenoxy) is 1. The van der Waals surface area contributed by atoms with Gasteiger partial charge in [0.15, 0.2) is 0 Å². The number of nitrogens with zero attached hydrogens (tertiary/aromatic N) is 1. The minimum Gasteiger partial charge on any atom is -0.378 e. The first-order valence-electron chi connectivity index (χ1n) is 7.72. The van der Waals surface area contributed by atoms with Gasteiger partial charge in [-0.1, -0.05) is 13.8 Å². The van der Waals surface area contributed by atoms with Crippen molar-refractivity contribution in [2.45, 2.75) is 64.1 Å². The molecule has 0 aliphatic carbocycles. The largest absolute Gasteiger partial charge is 0.378 e. The number of rotatable bonds is 3.